The van der Waals surface area contributed by atoms with Gasteiger partial charge in [-0.05, 0) is 47.9 Å². The van der Waals surface area contributed by atoms with Crippen LogP contribution < -0.4 is 5.32 Å². The molecule has 21 heavy (non-hydrogen) atoms. The van der Waals surface area contributed by atoms with Crippen molar-refractivity contribution in [2.75, 3.05) is 6.54 Å². The molecular formula is C18H21BrClN. The molecule has 2 aromatic rings. The highest BCUT2D eigenvalue weighted by Crippen LogP contribution is 2.31. The molecule has 0 fully saturated rings. The number of benzene rings is 2. The first kappa shape index (κ1) is 16.5. The Kier molecular flexibility index (Phi) is 6.28. The molecule has 112 valence electrons. The smallest absolute Gasteiger partial charge is 0.0588 e. The second-order valence-electron chi connectivity index (χ2n) is 5.15. The van der Waals surface area contributed by atoms with E-state index in [2.05, 4.69) is 59.4 Å². The second kappa shape index (κ2) is 7.98. The van der Waals surface area contributed by atoms with E-state index in [1.54, 1.807) is 0 Å². The standard InChI is InChI=1S/C18H21BrClN/c1-3-5-13-6-8-14(9-7-13)18(21-4-2)16-12-15(20)10-11-17(16)19/h6-12,18,21H,3-5H2,1-2H3. The molecule has 2 aromatic carbocycles. The lowest BCUT2D eigenvalue weighted by Gasteiger charge is -2.21. The van der Waals surface area contributed by atoms with Crippen LogP contribution in [0, 0.1) is 0 Å². The van der Waals surface area contributed by atoms with Gasteiger partial charge in [0, 0.05) is 9.50 Å². The van der Waals surface area contributed by atoms with Crippen molar-refractivity contribution in [2.24, 2.45) is 0 Å². The molecule has 0 aliphatic heterocycles. The molecule has 0 aliphatic carbocycles. The van der Waals surface area contributed by atoms with Crippen LogP contribution in [-0.2, 0) is 6.42 Å². The molecule has 1 nitrogen and oxygen atoms in total. The fourth-order valence-corrected chi connectivity index (χ4v) is 3.17. The Morgan fingerprint density at radius 1 is 1.10 bits per heavy atom. The molecule has 0 aromatic heterocycles. The molecule has 1 unspecified atom stereocenters. The quantitative estimate of drug-likeness (QED) is 0.686. The lowest BCUT2D eigenvalue weighted by molar-refractivity contribution is 0.628. The highest BCUT2D eigenvalue weighted by molar-refractivity contribution is 9.10. The SMILES string of the molecule is CCCc1ccc(C(NCC)c2cc(Cl)ccc2Br)cc1. The monoisotopic (exact) mass is 365 g/mol. The predicted molar refractivity (Wildman–Crippen MR) is 95.1 cm³/mol. The van der Waals surface area contributed by atoms with E-state index in [0.717, 1.165) is 22.5 Å². The molecule has 2 rings (SSSR count). The van der Waals surface area contributed by atoms with Crippen LogP contribution in [0.15, 0.2) is 46.9 Å². The third-order valence-corrected chi connectivity index (χ3v) is 4.49. The van der Waals surface area contributed by atoms with Crippen LogP contribution in [0.3, 0.4) is 0 Å². The summed E-state index contributed by atoms with van der Waals surface area (Å²) in [7, 11) is 0. The van der Waals surface area contributed by atoms with E-state index in [1.807, 2.05) is 18.2 Å². The molecule has 1 atom stereocenters. The number of hydrogen-bond acceptors (Lipinski definition) is 1. The van der Waals surface area contributed by atoms with Crippen LogP contribution in [-0.4, -0.2) is 6.54 Å². The summed E-state index contributed by atoms with van der Waals surface area (Å²) in [5.41, 5.74) is 3.83. The van der Waals surface area contributed by atoms with Gasteiger partial charge < -0.3 is 5.32 Å². The molecule has 0 radical (unpaired) electrons. The van der Waals surface area contributed by atoms with Crippen LogP contribution in [0.5, 0.6) is 0 Å². The lowest BCUT2D eigenvalue weighted by Crippen LogP contribution is -2.22. The van der Waals surface area contributed by atoms with Crippen molar-refractivity contribution in [2.45, 2.75) is 32.7 Å². The average Bonchev–Trinajstić information content (AvgIpc) is 2.49. The second-order valence-corrected chi connectivity index (χ2v) is 6.44. The summed E-state index contributed by atoms with van der Waals surface area (Å²) in [6.45, 7) is 5.23. The van der Waals surface area contributed by atoms with Crippen LogP contribution in [0.4, 0.5) is 0 Å². The average molecular weight is 367 g/mol. The molecule has 1 N–H and O–H groups in total. The minimum atomic E-state index is 0.152. The first-order valence-corrected chi connectivity index (χ1v) is 8.60. The highest BCUT2D eigenvalue weighted by atomic mass is 79.9. The minimum Gasteiger partial charge on any atom is -0.306 e. The predicted octanol–water partition coefficient (Wildman–Crippen LogP) is 5.75. The first-order chi connectivity index (χ1) is 10.2. The Balaban J connectivity index is 2.35. The summed E-state index contributed by atoms with van der Waals surface area (Å²) in [5.74, 6) is 0. The maximum atomic E-state index is 6.17. The Hall–Kier alpha value is -0.830. The van der Waals surface area contributed by atoms with E-state index in [-0.39, 0.29) is 6.04 Å². The van der Waals surface area contributed by atoms with Crippen LogP contribution in [0.1, 0.15) is 43.0 Å². The molecule has 0 amide bonds. The zero-order chi connectivity index (χ0) is 15.2. The van der Waals surface area contributed by atoms with Crippen LogP contribution in [0.2, 0.25) is 5.02 Å². The van der Waals surface area contributed by atoms with Crippen LogP contribution in [0.25, 0.3) is 0 Å². The third kappa shape index (κ3) is 4.32. The van der Waals surface area contributed by atoms with Crippen molar-refractivity contribution >= 4 is 27.5 Å². The topological polar surface area (TPSA) is 12.0 Å². The highest BCUT2D eigenvalue weighted by Gasteiger charge is 2.16. The first-order valence-electron chi connectivity index (χ1n) is 7.42. The number of aryl methyl sites for hydroxylation is 1. The molecular weight excluding hydrogens is 346 g/mol. The van der Waals surface area contributed by atoms with E-state index in [9.17, 15) is 0 Å². The molecule has 0 bridgehead atoms. The normalized spacial score (nSPS) is 12.4. The Morgan fingerprint density at radius 3 is 2.43 bits per heavy atom. The van der Waals surface area contributed by atoms with Gasteiger partial charge >= 0.3 is 0 Å². The van der Waals surface area contributed by atoms with Gasteiger partial charge in [0.1, 0.15) is 0 Å². The maximum Gasteiger partial charge on any atom is 0.0588 e. The zero-order valence-corrected chi connectivity index (χ0v) is 14.8. The van der Waals surface area contributed by atoms with Gasteiger partial charge in [0.25, 0.3) is 0 Å². The minimum absolute atomic E-state index is 0.152. The summed E-state index contributed by atoms with van der Waals surface area (Å²) in [6, 6.07) is 15.0. The van der Waals surface area contributed by atoms with Gasteiger partial charge in [-0.15, -0.1) is 0 Å². The van der Waals surface area contributed by atoms with E-state index in [0.29, 0.717) is 0 Å². The largest absolute Gasteiger partial charge is 0.306 e. The van der Waals surface area contributed by atoms with E-state index < -0.39 is 0 Å². The van der Waals surface area contributed by atoms with Crippen molar-refractivity contribution in [3.8, 4) is 0 Å². The van der Waals surface area contributed by atoms with Crippen molar-refractivity contribution in [1.29, 1.82) is 0 Å². The summed E-state index contributed by atoms with van der Waals surface area (Å²) in [5, 5.41) is 4.31. The van der Waals surface area contributed by atoms with E-state index >= 15 is 0 Å². The van der Waals surface area contributed by atoms with Gasteiger partial charge in [-0.3, -0.25) is 0 Å². The molecule has 0 heterocycles. The van der Waals surface area contributed by atoms with E-state index in [4.69, 9.17) is 11.6 Å². The van der Waals surface area contributed by atoms with Crippen molar-refractivity contribution in [3.63, 3.8) is 0 Å². The van der Waals surface area contributed by atoms with Gasteiger partial charge in [0.15, 0.2) is 0 Å². The third-order valence-electron chi connectivity index (χ3n) is 3.53. The number of halogens is 2. The molecule has 0 saturated heterocycles. The van der Waals surface area contributed by atoms with Crippen molar-refractivity contribution < 1.29 is 0 Å². The molecule has 0 spiro atoms. The van der Waals surface area contributed by atoms with Gasteiger partial charge in [0.05, 0.1) is 6.04 Å². The Morgan fingerprint density at radius 2 is 1.81 bits per heavy atom. The van der Waals surface area contributed by atoms with Gasteiger partial charge in [-0.2, -0.15) is 0 Å². The fourth-order valence-electron chi connectivity index (χ4n) is 2.51. The van der Waals surface area contributed by atoms with E-state index in [1.165, 1.54) is 23.1 Å². The summed E-state index contributed by atoms with van der Waals surface area (Å²) >= 11 is 9.81. The van der Waals surface area contributed by atoms with Gasteiger partial charge in [0.2, 0.25) is 0 Å². The number of hydrogen-bond donors (Lipinski definition) is 1. The molecule has 0 aliphatic rings. The van der Waals surface area contributed by atoms with Gasteiger partial charge in [-0.25, -0.2) is 0 Å². The summed E-state index contributed by atoms with van der Waals surface area (Å²) < 4.78 is 1.08. The molecule has 0 saturated carbocycles. The van der Waals surface area contributed by atoms with Crippen molar-refractivity contribution in [1.82, 2.24) is 5.32 Å². The number of nitrogens with one attached hydrogen (secondary N) is 1. The summed E-state index contributed by atoms with van der Waals surface area (Å²) in [4.78, 5) is 0. The Labute approximate surface area is 140 Å². The molecule has 3 heteroatoms. The maximum absolute atomic E-state index is 6.17. The number of rotatable bonds is 6. The van der Waals surface area contributed by atoms with Gasteiger partial charge in [-0.1, -0.05) is 72.1 Å². The zero-order valence-electron chi connectivity index (χ0n) is 12.5. The van der Waals surface area contributed by atoms with Crippen LogP contribution >= 0.6 is 27.5 Å². The van der Waals surface area contributed by atoms with Crippen molar-refractivity contribution in [3.05, 3.63) is 68.7 Å². The fraction of sp³-hybridized carbons (Fsp3) is 0.333. The summed E-state index contributed by atoms with van der Waals surface area (Å²) in [6.07, 6.45) is 2.31. The Bertz CT molecular complexity index is 580. The lowest BCUT2D eigenvalue weighted by atomic mass is 9.97.